The van der Waals surface area contributed by atoms with Crippen LogP contribution < -0.4 is 4.90 Å². The van der Waals surface area contributed by atoms with Crippen molar-refractivity contribution in [3.05, 3.63) is 30.1 Å². The molecule has 4 nitrogen and oxygen atoms in total. The van der Waals surface area contributed by atoms with E-state index in [1.807, 2.05) is 13.8 Å². The zero-order valence-corrected chi connectivity index (χ0v) is 12.8. The number of esters is 1. The minimum Gasteiger partial charge on any atom is -0.464 e. The molecule has 0 fully saturated rings. The molecular weight excluding hydrogens is 273 g/mol. The van der Waals surface area contributed by atoms with Gasteiger partial charge in [-0.25, -0.2) is 9.18 Å². The Kier molecular flexibility index (Phi) is 6.85. The van der Waals surface area contributed by atoms with Crippen LogP contribution in [-0.2, 0) is 14.3 Å². The smallest absolute Gasteiger partial charge is 0.329 e. The molecule has 0 saturated carbocycles. The van der Waals surface area contributed by atoms with E-state index in [1.165, 1.54) is 36.1 Å². The lowest BCUT2D eigenvalue weighted by molar-refractivity contribution is -0.146. The lowest BCUT2D eigenvalue weighted by Crippen LogP contribution is -2.45. The second kappa shape index (κ2) is 8.39. The first-order valence-electron chi connectivity index (χ1n) is 7.23. The molecular formula is C16H22FNO3. The van der Waals surface area contributed by atoms with Gasteiger partial charge in [-0.15, -0.1) is 0 Å². The van der Waals surface area contributed by atoms with Gasteiger partial charge in [0, 0.05) is 12.6 Å². The summed E-state index contributed by atoms with van der Waals surface area (Å²) in [5.74, 6) is -1.09. The van der Waals surface area contributed by atoms with Crippen LogP contribution in [0.1, 0.15) is 40.0 Å². The van der Waals surface area contributed by atoms with Crippen molar-refractivity contribution in [2.24, 2.45) is 0 Å². The molecule has 1 unspecified atom stereocenters. The predicted molar refractivity (Wildman–Crippen MR) is 79.5 cm³/mol. The van der Waals surface area contributed by atoms with Crippen LogP contribution in [0.5, 0.6) is 0 Å². The van der Waals surface area contributed by atoms with E-state index in [4.69, 9.17) is 4.74 Å². The first kappa shape index (κ1) is 17.1. The maximum Gasteiger partial charge on any atom is 0.329 e. The Balaban J connectivity index is 2.93. The van der Waals surface area contributed by atoms with Crippen LogP contribution in [-0.4, -0.2) is 24.5 Å². The number of carbonyl (C=O) groups excluding carboxylic acids is 2. The standard InChI is InChI=1S/C16H22FNO3/c1-4-6-11-21-16(20)15(5-2)18(12(3)19)14-9-7-13(17)8-10-14/h7-10,15H,4-6,11H2,1-3H3. The van der Waals surface area contributed by atoms with Crippen molar-refractivity contribution in [2.45, 2.75) is 46.1 Å². The molecule has 0 aliphatic carbocycles. The van der Waals surface area contributed by atoms with E-state index in [0.29, 0.717) is 18.7 Å². The van der Waals surface area contributed by atoms with E-state index in [1.54, 1.807) is 0 Å². The third kappa shape index (κ3) is 4.85. The van der Waals surface area contributed by atoms with Gasteiger partial charge in [-0.3, -0.25) is 9.69 Å². The third-order valence-corrected chi connectivity index (χ3v) is 3.16. The molecule has 0 radical (unpaired) electrons. The molecule has 0 aliphatic heterocycles. The highest BCUT2D eigenvalue weighted by atomic mass is 19.1. The number of amides is 1. The van der Waals surface area contributed by atoms with Gasteiger partial charge in [-0.2, -0.15) is 0 Å². The van der Waals surface area contributed by atoms with Gasteiger partial charge in [0.2, 0.25) is 5.91 Å². The topological polar surface area (TPSA) is 46.6 Å². The monoisotopic (exact) mass is 295 g/mol. The van der Waals surface area contributed by atoms with E-state index in [2.05, 4.69) is 0 Å². The van der Waals surface area contributed by atoms with Crippen molar-refractivity contribution in [3.8, 4) is 0 Å². The number of halogens is 1. The minimum atomic E-state index is -0.690. The fourth-order valence-electron chi connectivity index (χ4n) is 2.05. The summed E-state index contributed by atoms with van der Waals surface area (Å²) < 4.78 is 18.2. The fraction of sp³-hybridized carbons (Fsp3) is 0.500. The Morgan fingerprint density at radius 1 is 1.24 bits per heavy atom. The number of benzene rings is 1. The van der Waals surface area contributed by atoms with Crippen LogP contribution in [0.2, 0.25) is 0 Å². The second-order valence-electron chi connectivity index (χ2n) is 4.81. The molecule has 1 aromatic rings. The summed E-state index contributed by atoms with van der Waals surface area (Å²) in [5.41, 5.74) is 0.489. The molecule has 116 valence electrons. The van der Waals surface area contributed by atoms with E-state index < -0.39 is 12.0 Å². The zero-order valence-electron chi connectivity index (χ0n) is 12.8. The van der Waals surface area contributed by atoms with Crippen molar-refractivity contribution in [1.29, 1.82) is 0 Å². The molecule has 0 saturated heterocycles. The van der Waals surface area contributed by atoms with Crippen LogP contribution in [0.25, 0.3) is 0 Å². The molecule has 0 heterocycles. The number of rotatable bonds is 7. The Morgan fingerprint density at radius 3 is 2.33 bits per heavy atom. The summed E-state index contributed by atoms with van der Waals surface area (Å²) in [4.78, 5) is 25.4. The number of hydrogen-bond donors (Lipinski definition) is 0. The molecule has 1 amide bonds. The van der Waals surface area contributed by atoms with Crippen molar-refractivity contribution in [1.82, 2.24) is 0 Å². The second-order valence-corrected chi connectivity index (χ2v) is 4.81. The highest BCUT2D eigenvalue weighted by Gasteiger charge is 2.29. The van der Waals surface area contributed by atoms with Gasteiger partial charge >= 0.3 is 5.97 Å². The molecule has 0 spiro atoms. The minimum absolute atomic E-state index is 0.277. The van der Waals surface area contributed by atoms with Crippen LogP contribution in [0.4, 0.5) is 10.1 Å². The van der Waals surface area contributed by atoms with Gasteiger partial charge in [0.15, 0.2) is 0 Å². The van der Waals surface area contributed by atoms with E-state index in [-0.39, 0.29) is 11.7 Å². The molecule has 0 aromatic heterocycles. The van der Waals surface area contributed by atoms with Gasteiger partial charge < -0.3 is 4.74 Å². The highest BCUT2D eigenvalue weighted by Crippen LogP contribution is 2.20. The molecule has 1 atom stereocenters. The van der Waals surface area contributed by atoms with Crippen molar-refractivity contribution < 1.29 is 18.7 Å². The summed E-state index contributed by atoms with van der Waals surface area (Å²) in [6.07, 6.45) is 2.15. The number of carbonyl (C=O) groups is 2. The molecule has 1 aromatic carbocycles. The van der Waals surface area contributed by atoms with E-state index in [9.17, 15) is 14.0 Å². The predicted octanol–water partition coefficient (Wildman–Crippen LogP) is 3.30. The Labute approximate surface area is 124 Å². The van der Waals surface area contributed by atoms with Crippen LogP contribution in [0.15, 0.2) is 24.3 Å². The summed E-state index contributed by atoms with van der Waals surface area (Å²) in [7, 11) is 0. The number of unbranched alkanes of at least 4 members (excludes halogenated alkanes) is 1. The summed E-state index contributed by atoms with van der Waals surface area (Å²) >= 11 is 0. The largest absolute Gasteiger partial charge is 0.464 e. The molecule has 0 aliphatic rings. The lowest BCUT2D eigenvalue weighted by atomic mass is 10.1. The maximum absolute atomic E-state index is 13.0. The van der Waals surface area contributed by atoms with Gasteiger partial charge in [-0.05, 0) is 37.1 Å². The molecule has 0 bridgehead atoms. The quantitative estimate of drug-likeness (QED) is 0.573. The molecule has 21 heavy (non-hydrogen) atoms. The Hall–Kier alpha value is -1.91. The number of anilines is 1. The van der Waals surface area contributed by atoms with Gasteiger partial charge in [0.25, 0.3) is 0 Å². The average molecular weight is 295 g/mol. The molecule has 0 N–H and O–H groups in total. The van der Waals surface area contributed by atoms with Gasteiger partial charge in [0.05, 0.1) is 6.61 Å². The summed E-state index contributed by atoms with van der Waals surface area (Å²) in [5, 5.41) is 0. The van der Waals surface area contributed by atoms with Crippen molar-refractivity contribution >= 4 is 17.6 Å². The van der Waals surface area contributed by atoms with Crippen molar-refractivity contribution in [3.63, 3.8) is 0 Å². The van der Waals surface area contributed by atoms with Gasteiger partial charge in [-0.1, -0.05) is 20.3 Å². The first-order chi connectivity index (χ1) is 10.0. The lowest BCUT2D eigenvalue weighted by Gasteiger charge is -2.28. The third-order valence-electron chi connectivity index (χ3n) is 3.16. The van der Waals surface area contributed by atoms with Gasteiger partial charge in [0.1, 0.15) is 11.9 Å². The normalized spacial score (nSPS) is 11.8. The Bertz CT molecular complexity index is 473. The van der Waals surface area contributed by atoms with Crippen LogP contribution >= 0.6 is 0 Å². The number of ether oxygens (including phenoxy) is 1. The first-order valence-corrected chi connectivity index (χ1v) is 7.23. The fourth-order valence-corrected chi connectivity index (χ4v) is 2.05. The average Bonchev–Trinajstić information content (AvgIpc) is 2.45. The zero-order chi connectivity index (χ0) is 15.8. The highest BCUT2D eigenvalue weighted by molar-refractivity contribution is 5.98. The van der Waals surface area contributed by atoms with E-state index in [0.717, 1.165) is 12.8 Å². The summed E-state index contributed by atoms with van der Waals surface area (Å²) in [6.45, 7) is 5.54. The molecule has 1 rings (SSSR count). The number of hydrogen-bond acceptors (Lipinski definition) is 3. The van der Waals surface area contributed by atoms with Crippen molar-refractivity contribution in [2.75, 3.05) is 11.5 Å². The number of nitrogens with zero attached hydrogens (tertiary/aromatic N) is 1. The summed E-state index contributed by atoms with van der Waals surface area (Å²) in [6, 6.07) is 4.81. The van der Waals surface area contributed by atoms with Crippen LogP contribution in [0, 0.1) is 5.82 Å². The molecule has 5 heteroatoms. The van der Waals surface area contributed by atoms with Crippen LogP contribution in [0.3, 0.4) is 0 Å². The maximum atomic E-state index is 13.0. The SMILES string of the molecule is CCCCOC(=O)C(CC)N(C(C)=O)c1ccc(F)cc1. The van der Waals surface area contributed by atoms with E-state index >= 15 is 0 Å². The Morgan fingerprint density at radius 2 is 1.86 bits per heavy atom.